The van der Waals surface area contributed by atoms with Crippen LogP contribution in [0.5, 0.6) is 0 Å². The van der Waals surface area contributed by atoms with E-state index in [2.05, 4.69) is 95.6 Å². The Kier molecular flexibility index (Phi) is 6.05. The fourth-order valence-corrected chi connectivity index (χ4v) is 8.82. The normalized spacial score (nSPS) is 11.9. The van der Waals surface area contributed by atoms with Gasteiger partial charge in [0.1, 0.15) is 5.58 Å². The van der Waals surface area contributed by atoms with E-state index < -0.39 is 0 Å². The summed E-state index contributed by atoms with van der Waals surface area (Å²) in [5.41, 5.74) is 7.92. The van der Waals surface area contributed by atoms with Gasteiger partial charge >= 0.3 is 0 Å². The van der Waals surface area contributed by atoms with Crippen LogP contribution in [0.15, 0.2) is 162 Å². The van der Waals surface area contributed by atoms with Crippen LogP contribution in [-0.2, 0) is 0 Å². The summed E-state index contributed by atoms with van der Waals surface area (Å²) in [6, 6.07) is 54.8. The molecule has 0 atom stereocenters. The van der Waals surface area contributed by atoms with Crippen LogP contribution in [0.4, 0.5) is 0 Å². The van der Waals surface area contributed by atoms with Crippen LogP contribution in [0, 0.1) is 0 Å². The molecule has 11 aromatic rings. The van der Waals surface area contributed by atoms with Crippen LogP contribution < -0.4 is 0 Å². The highest BCUT2D eigenvalue weighted by atomic mass is 32.1. The van der Waals surface area contributed by atoms with Gasteiger partial charge in [0.15, 0.2) is 23.1 Å². The lowest BCUT2D eigenvalue weighted by molar-refractivity contribution is 0.671. The third-order valence-electron chi connectivity index (χ3n) is 9.86. The number of fused-ring (bicyclic) bond motifs is 10. The zero-order valence-electron chi connectivity index (χ0n) is 27.1. The van der Waals surface area contributed by atoms with Gasteiger partial charge in [0.2, 0.25) is 0 Å². The quantitative estimate of drug-likeness (QED) is 0.187. The van der Waals surface area contributed by atoms with Crippen molar-refractivity contribution in [1.29, 1.82) is 0 Å². The molecule has 6 heteroatoms. The van der Waals surface area contributed by atoms with Crippen LogP contribution in [0.3, 0.4) is 0 Å². The monoisotopic (exact) mass is 670 g/mol. The minimum absolute atomic E-state index is 0.646. The van der Waals surface area contributed by atoms with E-state index in [1.165, 1.54) is 15.5 Å². The second kappa shape index (κ2) is 10.9. The fourth-order valence-electron chi connectivity index (χ4n) is 7.58. The van der Waals surface area contributed by atoms with Crippen LogP contribution in [0.1, 0.15) is 0 Å². The van der Waals surface area contributed by atoms with Crippen molar-refractivity contribution in [1.82, 2.24) is 19.5 Å². The summed E-state index contributed by atoms with van der Waals surface area (Å²) in [7, 11) is 0. The molecule has 7 aromatic carbocycles. The number of rotatable bonds is 4. The molecule has 0 aliphatic rings. The molecule has 0 saturated carbocycles. The molecule has 0 aliphatic heterocycles. The molecule has 0 N–H and O–H groups in total. The molecule has 51 heavy (non-hydrogen) atoms. The van der Waals surface area contributed by atoms with E-state index in [0.717, 1.165) is 70.8 Å². The van der Waals surface area contributed by atoms with Gasteiger partial charge in [-0.25, -0.2) is 15.0 Å². The highest BCUT2D eigenvalue weighted by Crippen LogP contribution is 2.46. The lowest BCUT2D eigenvalue weighted by Crippen LogP contribution is -2.01. The lowest BCUT2D eigenvalue weighted by Gasteiger charge is -2.13. The van der Waals surface area contributed by atoms with Gasteiger partial charge in [-0.1, -0.05) is 121 Å². The van der Waals surface area contributed by atoms with Crippen molar-refractivity contribution in [3.63, 3.8) is 0 Å². The fraction of sp³-hybridized carbons (Fsp3) is 0. The summed E-state index contributed by atoms with van der Waals surface area (Å²) >= 11 is 1.78. The topological polar surface area (TPSA) is 56.7 Å². The van der Waals surface area contributed by atoms with Gasteiger partial charge in [-0.05, 0) is 36.4 Å². The third-order valence-corrected chi connectivity index (χ3v) is 11.1. The highest BCUT2D eigenvalue weighted by Gasteiger charge is 2.24. The van der Waals surface area contributed by atoms with Crippen LogP contribution in [0.2, 0.25) is 0 Å². The average Bonchev–Trinajstić information content (AvgIpc) is 3.88. The molecule has 0 amide bonds. The number of para-hydroxylation sites is 2. The summed E-state index contributed by atoms with van der Waals surface area (Å²) in [4.78, 5) is 15.2. The lowest BCUT2D eigenvalue weighted by atomic mass is 10.1. The largest absolute Gasteiger partial charge is 0.454 e. The summed E-state index contributed by atoms with van der Waals surface area (Å²) in [6.07, 6.45) is 0. The van der Waals surface area contributed by atoms with Crippen molar-refractivity contribution in [3.05, 3.63) is 158 Å². The molecule has 0 unspecified atom stereocenters. The summed E-state index contributed by atoms with van der Waals surface area (Å²) in [5, 5.41) is 6.92. The first-order valence-electron chi connectivity index (χ1n) is 17.0. The van der Waals surface area contributed by atoms with E-state index >= 15 is 0 Å². The maximum Gasteiger partial charge on any atom is 0.165 e. The molecular formula is C45H26N4OS. The third kappa shape index (κ3) is 4.24. The molecule has 4 heterocycles. The highest BCUT2D eigenvalue weighted by molar-refractivity contribution is 7.26. The molecule has 5 nitrogen and oxygen atoms in total. The van der Waals surface area contributed by atoms with E-state index in [4.69, 9.17) is 19.4 Å². The Morgan fingerprint density at radius 1 is 0.471 bits per heavy atom. The molecule has 0 saturated heterocycles. The van der Waals surface area contributed by atoms with Crippen molar-refractivity contribution < 1.29 is 4.42 Å². The predicted octanol–water partition coefficient (Wildman–Crippen LogP) is 12.2. The molecule has 0 fully saturated rings. The van der Waals surface area contributed by atoms with Gasteiger partial charge in [-0.3, -0.25) is 0 Å². The van der Waals surface area contributed by atoms with Gasteiger partial charge in [-0.15, -0.1) is 11.3 Å². The first kappa shape index (κ1) is 28.2. The van der Waals surface area contributed by atoms with Crippen molar-refractivity contribution in [2.75, 3.05) is 0 Å². The number of benzene rings is 7. The Bertz CT molecular complexity index is 3080. The van der Waals surface area contributed by atoms with E-state index in [1.807, 2.05) is 66.7 Å². The smallest absolute Gasteiger partial charge is 0.165 e. The maximum absolute atomic E-state index is 6.70. The van der Waals surface area contributed by atoms with Crippen LogP contribution in [0.25, 0.3) is 104 Å². The van der Waals surface area contributed by atoms with Crippen molar-refractivity contribution in [2.45, 2.75) is 0 Å². The van der Waals surface area contributed by atoms with Gasteiger partial charge in [0, 0.05) is 58.4 Å². The number of nitrogens with zero attached hydrogens (tertiary/aromatic N) is 4. The first-order chi connectivity index (χ1) is 25.3. The van der Waals surface area contributed by atoms with E-state index in [0.29, 0.717) is 17.5 Å². The maximum atomic E-state index is 6.70. The minimum atomic E-state index is 0.646. The summed E-state index contributed by atoms with van der Waals surface area (Å²) in [6.45, 7) is 0. The van der Waals surface area contributed by atoms with E-state index in [1.54, 1.807) is 11.3 Å². The van der Waals surface area contributed by atoms with Gasteiger partial charge in [0.05, 0.1) is 16.7 Å². The van der Waals surface area contributed by atoms with Crippen molar-refractivity contribution in [2.24, 2.45) is 0 Å². The molecule has 0 radical (unpaired) electrons. The molecule has 0 bridgehead atoms. The molecule has 0 aliphatic carbocycles. The standard InChI is InChI=1S/C45H26N4OS/c1-3-13-27(14-4-1)43-46-44(28-15-5-2-6-16-28)48-45(47-43)34-25-26-36(39-33-19-9-12-22-38(33)51-42(34)39)49-35-20-10-7-17-29(35)31-23-24-32-30-18-8-11-21-37(30)50-41(32)40(31)49/h1-26H. The number of aromatic nitrogens is 4. The van der Waals surface area contributed by atoms with E-state index in [-0.39, 0.29) is 0 Å². The predicted molar refractivity (Wildman–Crippen MR) is 211 cm³/mol. The number of furan rings is 1. The molecule has 4 aromatic heterocycles. The van der Waals surface area contributed by atoms with Crippen molar-refractivity contribution >= 4 is 75.3 Å². The van der Waals surface area contributed by atoms with Gasteiger partial charge in [0.25, 0.3) is 0 Å². The molecule has 0 spiro atoms. The SMILES string of the molecule is c1ccc(-c2nc(-c3ccccc3)nc(-c3ccc(-n4c5ccccc5c5ccc6c7ccccc7oc6c54)c4c3sc3ccccc34)n2)cc1. The Morgan fingerprint density at radius 3 is 1.84 bits per heavy atom. The Labute approximate surface area is 295 Å². The van der Waals surface area contributed by atoms with Gasteiger partial charge in [-0.2, -0.15) is 0 Å². The zero-order chi connectivity index (χ0) is 33.5. The number of hydrogen-bond donors (Lipinski definition) is 0. The molecular weight excluding hydrogens is 645 g/mol. The first-order valence-corrected chi connectivity index (χ1v) is 17.8. The van der Waals surface area contributed by atoms with Crippen molar-refractivity contribution in [3.8, 4) is 39.9 Å². The van der Waals surface area contributed by atoms with Crippen LogP contribution >= 0.6 is 11.3 Å². The van der Waals surface area contributed by atoms with Crippen LogP contribution in [-0.4, -0.2) is 19.5 Å². The molecule has 238 valence electrons. The Balaban J connectivity index is 1.25. The Hall–Kier alpha value is -6.63. The average molecular weight is 671 g/mol. The summed E-state index contributed by atoms with van der Waals surface area (Å²) in [5.74, 6) is 1.94. The number of hydrogen-bond acceptors (Lipinski definition) is 5. The minimum Gasteiger partial charge on any atom is -0.454 e. The second-order valence-corrected chi connectivity index (χ2v) is 13.8. The second-order valence-electron chi connectivity index (χ2n) is 12.8. The number of thiophene rings is 1. The zero-order valence-corrected chi connectivity index (χ0v) is 27.9. The van der Waals surface area contributed by atoms with E-state index in [9.17, 15) is 0 Å². The molecule has 11 rings (SSSR count). The summed E-state index contributed by atoms with van der Waals surface area (Å²) < 4.78 is 11.4. The van der Waals surface area contributed by atoms with Gasteiger partial charge < -0.3 is 8.98 Å². The Morgan fingerprint density at radius 2 is 1.08 bits per heavy atom.